The molecule has 0 atom stereocenters. The Morgan fingerprint density at radius 3 is 2.27 bits per heavy atom. The van der Waals surface area contributed by atoms with E-state index in [1.165, 1.54) is 0 Å². The van der Waals surface area contributed by atoms with Crippen LogP contribution in [0, 0.1) is 0 Å². The van der Waals surface area contributed by atoms with Crippen LogP contribution in [0.4, 0.5) is 0 Å². The Balaban J connectivity index is 2.91. The summed E-state index contributed by atoms with van der Waals surface area (Å²) in [6.45, 7) is 0. The molecule has 0 aromatic heterocycles. The van der Waals surface area contributed by atoms with Crippen molar-refractivity contribution in [1.29, 1.82) is 0 Å². The number of nitrogens with two attached hydrogens (primary N) is 1. The highest BCUT2D eigenvalue weighted by Crippen LogP contribution is 2.24. The average molecular weight is 279 g/mol. The number of primary amides is 1. The second kappa shape index (κ2) is 3.96. The maximum Gasteiger partial charge on any atom is 0.248 e. The van der Waals surface area contributed by atoms with E-state index in [2.05, 4.69) is 21.2 Å². The maximum absolute atomic E-state index is 10.6. The number of halogens is 1. The molecule has 1 aromatic carbocycles. The highest BCUT2D eigenvalue weighted by atomic mass is 127. The van der Waals surface area contributed by atoms with Gasteiger partial charge in [-0.05, 0) is 24.3 Å². The van der Waals surface area contributed by atoms with Gasteiger partial charge in [0.15, 0.2) is 0 Å². The highest BCUT2D eigenvalue weighted by Gasteiger charge is 1.98. The molecule has 1 amide bonds. The van der Waals surface area contributed by atoms with Crippen LogP contribution >= 0.6 is 30.1 Å². The summed E-state index contributed by atoms with van der Waals surface area (Å²) in [5.41, 5.74) is 5.61. The van der Waals surface area contributed by atoms with Crippen molar-refractivity contribution >= 4 is 36.0 Å². The average Bonchev–Trinajstić information content (AvgIpc) is 2.05. The second-order valence-electron chi connectivity index (χ2n) is 1.97. The Hall–Kier alpha value is -0.230. The smallest absolute Gasteiger partial charge is 0.248 e. The molecule has 0 fully saturated rings. The van der Waals surface area contributed by atoms with Crippen LogP contribution in [0.5, 0.6) is 0 Å². The van der Waals surface area contributed by atoms with Crippen LogP contribution < -0.4 is 5.73 Å². The van der Waals surface area contributed by atoms with E-state index in [1.807, 2.05) is 12.1 Å². The summed E-state index contributed by atoms with van der Waals surface area (Å²) in [6.07, 6.45) is 0. The molecule has 2 nitrogen and oxygen atoms in total. The van der Waals surface area contributed by atoms with Gasteiger partial charge in [0.05, 0.1) is 0 Å². The lowest BCUT2D eigenvalue weighted by Gasteiger charge is -1.95. The van der Waals surface area contributed by atoms with E-state index in [-0.39, 0.29) is 5.91 Å². The predicted octanol–water partition coefficient (Wildman–Crippen LogP) is 2.23. The summed E-state index contributed by atoms with van der Waals surface area (Å²) in [4.78, 5) is 11.7. The van der Waals surface area contributed by atoms with E-state index in [0.717, 1.165) is 4.90 Å². The van der Waals surface area contributed by atoms with Crippen molar-refractivity contribution in [3.63, 3.8) is 0 Å². The van der Waals surface area contributed by atoms with Gasteiger partial charge in [-0.25, -0.2) is 0 Å². The van der Waals surface area contributed by atoms with Crippen molar-refractivity contribution in [3.05, 3.63) is 29.8 Å². The van der Waals surface area contributed by atoms with Gasteiger partial charge in [0.1, 0.15) is 0 Å². The van der Waals surface area contributed by atoms with E-state index < -0.39 is 0 Å². The minimum absolute atomic E-state index is 0.380. The lowest BCUT2D eigenvalue weighted by atomic mass is 10.2. The van der Waals surface area contributed by atoms with Gasteiger partial charge in [-0.2, -0.15) is 0 Å². The van der Waals surface area contributed by atoms with Crippen LogP contribution in [0.25, 0.3) is 0 Å². The zero-order valence-electron chi connectivity index (χ0n) is 5.58. The molecule has 0 saturated heterocycles. The van der Waals surface area contributed by atoms with Gasteiger partial charge in [-0.15, -0.1) is 0 Å². The number of hydrogen-bond acceptors (Lipinski definition) is 2. The van der Waals surface area contributed by atoms with E-state index in [0.29, 0.717) is 5.56 Å². The van der Waals surface area contributed by atoms with Gasteiger partial charge in [0.2, 0.25) is 5.91 Å². The second-order valence-corrected chi connectivity index (χ2v) is 3.91. The van der Waals surface area contributed by atoms with Gasteiger partial charge in [0.25, 0.3) is 0 Å². The zero-order chi connectivity index (χ0) is 8.27. The van der Waals surface area contributed by atoms with Crippen molar-refractivity contribution in [1.82, 2.24) is 0 Å². The molecule has 4 heteroatoms. The first-order chi connectivity index (χ1) is 5.24. The molecular formula is C7H6INOS. The number of carbonyl (C=O) groups excluding carboxylic acids is 1. The molecule has 0 heterocycles. The first-order valence-corrected chi connectivity index (χ1v) is 6.28. The van der Waals surface area contributed by atoms with Crippen LogP contribution in [0.15, 0.2) is 29.2 Å². The number of amides is 1. The molecule has 0 saturated carbocycles. The molecule has 0 aliphatic heterocycles. The zero-order valence-corrected chi connectivity index (χ0v) is 8.56. The van der Waals surface area contributed by atoms with Crippen molar-refractivity contribution < 1.29 is 4.79 Å². The normalized spacial score (nSPS) is 9.55. The Morgan fingerprint density at radius 2 is 1.91 bits per heavy atom. The fourth-order valence-corrected chi connectivity index (χ4v) is 1.79. The van der Waals surface area contributed by atoms with Crippen LogP contribution in [-0.2, 0) is 0 Å². The molecule has 0 aliphatic carbocycles. The molecule has 0 aliphatic rings. The van der Waals surface area contributed by atoms with Crippen molar-refractivity contribution in [3.8, 4) is 0 Å². The largest absolute Gasteiger partial charge is 0.366 e. The molecule has 1 aromatic rings. The number of rotatable bonds is 2. The fraction of sp³-hybridized carbons (Fsp3) is 0. The maximum atomic E-state index is 10.6. The quantitative estimate of drug-likeness (QED) is 0.843. The minimum atomic E-state index is -0.380. The third kappa shape index (κ3) is 2.37. The number of carbonyl (C=O) groups is 1. The molecule has 1 rings (SSSR count). The molecule has 0 radical (unpaired) electrons. The molecule has 2 N–H and O–H groups in total. The summed E-state index contributed by atoms with van der Waals surface area (Å²) < 4.78 is 0. The Bertz CT molecular complexity index is 260. The third-order valence-electron chi connectivity index (χ3n) is 1.23. The molecular weight excluding hydrogens is 273 g/mol. The van der Waals surface area contributed by atoms with Crippen molar-refractivity contribution in [2.24, 2.45) is 5.73 Å². The highest BCUT2D eigenvalue weighted by molar-refractivity contribution is 14.2. The van der Waals surface area contributed by atoms with Crippen LogP contribution in [-0.4, -0.2) is 5.91 Å². The first-order valence-electron chi connectivity index (χ1n) is 2.92. The van der Waals surface area contributed by atoms with Gasteiger partial charge in [0, 0.05) is 31.7 Å². The van der Waals surface area contributed by atoms with E-state index in [1.54, 1.807) is 21.1 Å². The number of benzene rings is 1. The summed E-state index contributed by atoms with van der Waals surface area (Å²) in [7, 11) is 1.61. The third-order valence-corrected chi connectivity index (χ3v) is 3.20. The Morgan fingerprint density at radius 1 is 1.36 bits per heavy atom. The van der Waals surface area contributed by atoms with E-state index in [9.17, 15) is 4.79 Å². The lowest BCUT2D eigenvalue weighted by Crippen LogP contribution is -2.10. The lowest BCUT2D eigenvalue weighted by molar-refractivity contribution is 0.100. The molecule has 0 spiro atoms. The Kier molecular flexibility index (Phi) is 3.19. The van der Waals surface area contributed by atoms with Gasteiger partial charge in [-0.1, -0.05) is 8.93 Å². The molecule has 58 valence electrons. The van der Waals surface area contributed by atoms with Gasteiger partial charge >= 0.3 is 0 Å². The van der Waals surface area contributed by atoms with E-state index >= 15 is 0 Å². The standard InChI is InChI=1S/C7H6INOS/c8-11-6-3-1-5(2-4-6)7(9)10/h1-4H,(H2,9,10). The van der Waals surface area contributed by atoms with E-state index in [4.69, 9.17) is 5.73 Å². The molecule has 0 unspecified atom stereocenters. The van der Waals surface area contributed by atoms with Crippen LogP contribution in [0.3, 0.4) is 0 Å². The summed E-state index contributed by atoms with van der Waals surface area (Å²) in [5.74, 6) is -0.380. The van der Waals surface area contributed by atoms with Crippen LogP contribution in [0.2, 0.25) is 0 Å². The molecule has 0 bridgehead atoms. The van der Waals surface area contributed by atoms with Gasteiger partial charge < -0.3 is 5.73 Å². The van der Waals surface area contributed by atoms with Crippen molar-refractivity contribution in [2.45, 2.75) is 4.90 Å². The summed E-state index contributed by atoms with van der Waals surface area (Å²) >= 11 is 2.18. The SMILES string of the molecule is NC(=O)c1ccc(SI)cc1. The molecule has 11 heavy (non-hydrogen) atoms. The van der Waals surface area contributed by atoms with Crippen LogP contribution in [0.1, 0.15) is 10.4 Å². The first kappa shape index (κ1) is 8.86. The topological polar surface area (TPSA) is 43.1 Å². The van der Waals surface area contributed by atoms with Crippen molar-refractivity contribution in [2.75, 3.05) is 0 Å². The minimum Gasteiger partial charge on any atom is -0.366 e. The summed E-state index contributed by atoms with van der Waals surface area (Å²) in [5, 5.41) is 0. The van der Waals surface area contributed by atoms with Gasteiger partial charge in [-0.3, -0.25) is 4.79 Å². The Labute approximate surface area is 81.1 Å². The fourth-order valence-electron chi connectivity index (χ4n) is 0.671. The number of hydrogen-bond donors (Lipinski definition) is 1. The predicted molar refractivity (Wildman–Crippen MR) is 54.8 cm³/mol. The summed E-state index contributed by atoms with van der Waals surface area (Å²) in [6, 6.07) is 7.20. The monoisotopic (exact) mass is 279 g/mol.